The topological polar surface area (TPSA) is 209 Å². The molecule has 0 bridgehead atoms. The van der Waals surface area contributed by atoms with E-state index in [1.54, 1.807) is 46.3 Å². The van der Waals surface area contributed by atoms with Gasteiger partial charge in [-0.05, 0) is 94.8 Å². The molecule has 5 amide bonds. The monoisotopic (exact) mass is 819 g/mol. The lowest BCUT2D eigenvalue weighted by molar-refractivity contribution is -0.135. The van der Waals surface area contributed by atoms with E-state index in [4.69, 9.17) is 9.84 Å². The maximum absolute atomic E-state index is 13.4. The van der Waals surface area contributed by atoms with E-state index in [2.05, 4.69) is 43.4 Å². The van der Waals surface area contributed by atoms with E-state index in [0.29, 0.717) is 41.7 Å². The van der Waals surface area contributed by atoms with Gasteiger partial charge in [-0.2, -0.15) is 14.7 Å². The number of rotatable bonds is 12. The number of piperidine rings is 1. The lowest BCUT2D eigenvalue weighted by Crippen LogP contribution is -2.44. The highest BCUT2D eigenvalue weighted by atomic mass is 16.5. The van der Waals surface area contributed by atoms with Crippen LogP contribution in [0.15, 0.2) is 65.8 Å². The number of imide groups is 2. The Hall–Kier alpha value is -6.69. The molecule has 1 saturated heterocycles. The summed E-state index contributed by atoms with van der Waals surface area (Å²) in [6.07, 6.45) is 13.1. The molecule has 8 rings (SSSR count). The van der Waals surface area contributed by atoms with Gasteiger partial charge in [-0.1, -0.05) is 12.1 Å². The van der Waals surface area contributed by atoms with Crippen LogP contribution in [0, 0.1) is 0 Å². The minimum atomic E-state index is -0.687. The third-order valence-electron chi connectivity index (χ3n) is 11.4. The molecule has 4 aromatic heterocycles. The van der Waals surface area contributed by atoms with E-state index in [1.807, 2.05) is 41.8 Å². The van der Waals surface area contributed by atoms with Gasteiger partial charge in [0, 0.05) is 50.3 Å². The predicted molar refractivity (Wildman–Crippen MR) is 223 cm³/mol. The number of nitrogens with one attached hydrogen (secondary N) is 3. The lowest BCUT2D eigenvalue weighted by Gasteiger charge is -2.34. The molecule has 1 atom stereocenters. The minimum Gasteiger partial charge on any atom is -0.496 e. The zero-order chi connectivity index (χ0) is 42.5. The van der Waals surface area contributed by atoms with Crippen molar-refractivity contribution >= 4 is 63.4 Å². The van der Waals surface area contributed by atoms with Crippen molar-refractivity contribution in [1.82, 2.24) is 49.0 Å². The molecule has 5 heterocycles. The van der Waals surface area contributed by atoms with Gasteiger partial charge in [-0.3, -0.25) is 48.4 Å². The third kappa shape index (κ3) is 8.68. The number of hydrogen-bond donors (Lipinski definition) is 3. The number of carbonyl (C=O) groups excluding carboxylic acids is 5. The summed E-state index contributed by atoms with van der Waals surface area (Å²) in [5.41, 5.74) is 4.26. The number of anilines is 1. The van der Waals surface area contributed by atoms with Crippen LogP contribution in [0.3, 0.4) is 0 Å². The summed E-state index contributed by atoms with van der Waals surface area (Å²) in [6.45, 7) is 2.25. The summed E-state index contributed by atoms with van der Waals surface area (Å²) < 4.78 is 12.4. The molecule has 2 fully saturated rings. The molecule has 1 aliphatic carbocycles. The predicted octanol–water partition coefficient (Wildman–Crippen LogP) is 3.69. The Bertz CT molecular complexity index is 2630. The van der Waals surface area contributed by atoms with Crippen LogP contribution in [0.2, 0.25) is 0 Å². The number of ether oxygens (including phenoxy) is 1. The van der Waals surface area contributed by atoms with Crippen LogP contribution in [-0.2, 0) is 32.6 Å². The molecule has 314 valence electrons. The van der Waals surface area contributed by atoms with Gasteiger partial charge in [0.2, 0.25) is 24.1 Å². The number of unbranched alkanes of at least 4 members (excludes halogenated alkanes) is 1. The number of methoxy groups -OCH3 is 1. The molecule has 0 radical (unpaired) electrons. The van der Waals surface area contributed by atoms with Gasteiger partial charge in [-0.25, -0.2) is 9.78 Å². The second-order valence-corrected chi connectivity index (χ2v) is 15.3. The summed E-state index contributed by atoms with van der Waals surface area (Å²) >= 11 is 0. The van der Waals surface area contributed by atoms with E-state index < -0.39 is 11.9 Å². The first kappa shape index (κ1) is 41.5. The van der Waals surface area contributed by atoms with E-state index in [1.165, 1.54) is 6.92 Å². The van der Waals surface area contributed by atoms with Gasteiger partial charge in [0.25, 0.3) is 5.91 Å². The van der Waals surface area contributed by atoms with Crippen LogP contribution in [-0.4, -0.2) is 95.2 Å². The van der Waals surface area contributed by atoms with Crippen molar-refractivity contribution in [3.8, 4) is 5.75 Å². The molecular weight excluding hydrogens is 771 g/mol. The van der Waals surface area contributed by atoms with Crippen molar-refractivity contribution in [1.29, 1.82) is 0 Å². The number of nitrogens with zero attached hydrogens (tertiary/aromatic N) is 8. The average molecular weight is 820 g/mol. The van der Waals surface area contributed by atoms with E-state index in [9.17, 15) is 28.8 Å². The Morgan fingerprint density at radius 1 is 1.05 bits per heavy atom. The summed E-state index contributed by atoms with van der Waals surface area (Å²) in [6, 6.07) is 13.2. The number of aryl methyl sites for hydroxylation is 2. The lowest BCUT2D eigenvalue weighted by atomic mass is 9.90. The minimum absolute atomic E-state index is 0.220. The van der Waals surface area contributed by atoms with Crippen molar-refractivity contribution in [2.45, 2.75) is 82.8 Å². The Kier molecular flexibility index (Phi) is 12.5. The molecule has 1 saturated carbocycles. The molecule has 3 N–H and O–H groups in total. The highest BCUT2D eigenvalue weighted by molar-refractivity contribution is 6.08. The molecular formula is C42H49N11O7. The largest absolute Gasteiger partial charge is 0.496 e. The van der Waals surface area contributed by atoms with Crippen LogP contribution in [0.5, 0.6) is 5.75 Å². The highest BCUT2D eigenvalue weighted by Crippen LogP contribution is 2.33. The number of fused-ring (bicyclic) bond motifs is 3. The zero-order valence-corrected chi connectivity index (χ0v) is 34.1. The van der Waals surface area contributed by atoms with Crippen LogP contribution in [0.4, 0.5) is 5.82 Å². The summed E-state index contributed by atoms with van der Waals surface area (Å²) in [5, 5.41) is 17.2. The van der Waals surface area contributed by atoms with Crippen molar-refractivity contribution in [2.75, 3.05) is 26.0 Å². The fraction of sp³-hybridized carbons (Fsp3) is 0.405. The number of carbonyl (C=O) groups is 5. The summed E-state index contributed by atoms with van der Waals surface area (Å²) in [4.78, 5) is 76.8. The van der Waals surface area contributed by atoms with Gasteiger partial charge in [-0.15, -0.1) is 0 Å². The second-order valence-electron chi connectivity index (χ2n) is 15.3. The Morgan fingerprint density at radius 2 is 1.85 bits per heavy atom. The van der Waals surface area contributed by atoms with Gasteiger partial charge in [0.05, 0.1) is 41.5 Å². The number of amides is 5. The van der Waals surface area contributed by atoms with Gasteiger partial charge >= 0.3 is 5.69 Å². The van der Waals surface area contributed by atoms with Crippen molar-refractivity contribution in [3.63, 3.8) is 0 Å². The molecule has 60 heavy (non-hydrogen) atoms. The third-order valence-corrected chi connectivity index (χ3v) is 11.4. The zero-order valence-electron chi connectivity index (χ0n) is 34.1. The van der Waals surface area contributed by atoms with Crippen LogP contribution in [0.1, 0.15) is 86.3 Å². The first-order chi connectivity index (χ1) is 29.0. The van der Waals surface area contributed by atoms with Crippen molar-refractivity contribution in [3.05, 3.63) is 82.7 Å². The summed E-state index contributed by atoms with van der Waals surface area (Å²) in [5.74, 6) is -0.441. The molecule has 1 unspecified atom stereocenters. The number of hydrogen-bond acceptors (Lipinski definition) is 11. The SMILES string of the molecule is CC(=O)NC=O.COc1cc2nn(C3CCC(N(C)CCCCc4cccc5c4n(C)c(=O)n5C4CCC(=O)NC4=O)CC3)cc2cc1C(=O)Nc1cnc2cccnn12. The number of para-hydroxylation sites is 1. The van der Waals surface area contributed by atoms with Crippen LogP contribution >= 0.6 is 0 Å². The van der Waals surface area contributed by atoms with Crippen molar-refractivity contribution in [2.24, 2.45) is 7.05 Å². The van der Waals surface area contributed by atoms with Crippen molar-refractivity contribution < 1.29 is 28.7 Å². The van der Waals surface area contributed by atoms with Crippen LogP contribution < -0.4 is 26.4 Å². The van der Waals surface area contributed by atoms with Gasteiger partial charge in [0.15, 0.2) is 11.5 Å². The fourth-order valence-corrected chi connectivity index (χ4v) is 8.36. The van der Waals surface area contributed by atoms with E-state index >= 15 is 0 Å². The number of aromatic nitrogens is 7. The molecule has 18 heteroatoms. The van der Waals surface area contributed by atoms with Crippen LogP contribution in [0.25, 0.3) is 27.6 Å². The highest BCUT2D eigenvalue weighted by Gasteiger charge is 2.32. The normalized spacial score (nSPS) is 18.0. The molecule has 1 aliphatic heterocycles. The van der Waals surface area contributed by atoms with E-state index in [-0.39, 0.29) is 35.9 Å². The number of benzene rings is 2. The number of imidazole rings is 2. The standard InChI is InChI=1S/C39H44N10O5.C3H5NO2/c1-45(19-5-4-8-24-9-6-10-30-36(24)46(2)39(53)48(30)31-16-17-35(50)43-38(31)52)26-12-14-27(15-13-26)47-23-25-20-28(32(54-3)21-29(25)44-47)37(51)42-34-22-40-33-11-7-18-41-49(33)34;1-3(6)4-2-5/h6-7,9-11,18,20-23,26-27,31H,4-5,8,12-17,19H2,1-3H3,(H,42,51)(H,43,50,52);2H,1H3,(H,4,5,6). The molecule has 6 aromatic rings. The quantitative estimate of drug-likeness (QED) is 0.0922. The fourth-order valence-electron chi connectivity index (χ4n) is 8.36. The Labute approximate surface area is 344 Å². The molecule has 2 aromatic carbocycles. The Morgan fingerprint density at radius 3 is 2.57 bits per heavy atom. The average Bonchev–Trinajstić information content (AvgIpc) is 3.93. The molecule has 0 spiro atoms. The smallest absolute Gasteiger partial charge is 0.329 e. The Balaban J connectivity index is 0.000000846. The summed E-state index contributed by atoms with van der Waals surface area (Å²) in [7, 11) is 5.51. The van der Waals surface area contributed by atoms with Gasteiger partial charge in [0.1, 0.15) is 11.8 Å². The molecule has 2 aliphatic rings. The van der Waals surface area contributed by atoms with Gasteiger partial charge < -0.3 is 15.0 Å². The maximum Gasteiger partial charge on any atom is 0.329 e. The second kappa shape index (κ2) is 18.1. The first-order valence-corrected chi connectivity index (χ1v) is 20.1. The maximum atomic E-state index is 13.4. The van der Waals surface area contributed by atoms with E-state index in [0.717, 1.165) is 79.0 Å². The molecule has 18 nitrogen and oxygen atoms in total. The first-order valence-electron chi connectivity index (χ1n) is 20.1.